The molecule has 0 spiro atoms. The van der Waals surface area contributed by atoms with Crippen LogP contribution in [0.3, 0.4) is 0 Å². The van der Waals surface area contributed by atoms with E-state index in [1.165, 1.54) is 40.4 Å². The predicted octanol–water partition coefficient (Wildman–Crippen LogP) is 1.62. The number of hydrogen-bond acceptors (Lipinski definition) is 7. The zero-order valence-corrected chi connectivity index (χ0v) is 14.2. The van der Waals surface area contributed by atoms with E-state index >= 15 is 0 Å². The zero-order valence-electron chi connectivity index (χ0n) is 13.4. The molecule has 0 atom stereocenters. The average Bonchev–Trinajstić information content (AvgIpc) is 3.29. The molecule has 2 N–H and O–H groups in total. The number of nitrogens with zero attached hydrogens (tertiary/aromatic N) is 4. The Labute approximate surface area is 150 Å². The normalized spacial score (nSPS) is 10.3. The fourth-order valence-corrected chi connectivity index (χ4v) is 2.80. The van der Waals surface area contributed by atoms with Gasteiger partial charge in [-0.05, 0) is 25.1 Å². The van der Waals surface area contributed by atoms with Gasteiger partial charge in [-0.1, -0.05) is 11.3 Å². The summed E-state index contributed by atoms with van der Waals surface area (Å²) < 4.78 is 1.23. The van der Waals surface area contributed by atoms with Gasteiger partial charge in [-0.2, -0.15) is 0 Å². The van der Waals surface area contributed by atoms with Crippen molar-refractivity contribution >= 4 is 28.8 Å². The van der Waals surface area contributed by atoms with Crippen LogP contribution in [0.5, 0.6) is 0 Å². The lowest BCUT2D eigenvalue weighted by molar-refractivity contribution is -0.384. The van der Waals surface area contributed by atoms with Crippen molar-refractivity contribution in [1.29, 1.82) is 0 Å². The van der Waals surface area contributed by atoms with E-state index in [1.54, 1.807) is 18.2 Å². The van der Waals surface area contributed by atoms with Gasteiger partial charge in [0, 0.05) is 17.0 Å². The van der Waals surface area contributed by atoms with Crippen molar-refractivity contribution in [1.82, 2.24) is 25.8 Å². The molecule has 0 fully saturated rings. The minimum absolute atomic E-state index is 0.0563. The van der Waals surface area contributed by atoms with Crippen LogP contribution in [0.1, 0.15) is 25.0 Å². The van der Waals surface area contributed by atoms with Crippen LogP contribution in [0.15, 0.2) is 42.6 Å². The molecule has 3 aromatic rings. The van der Waals surface area contributed by atoms with Crippen LogP contribution in [0.2, 0.25) is 0 Å². The number of amides is 2. The number of hydrogen-bond donors (Lipinski definition) is 2. The number of aryl methyl sites for hydroxylation is 1. The van der Waals surface area contributed by atoms with Gasteiger partial charge in [0.15, 0.2) is 5.69 Å². The van der Waals surface area contributed by atoms with E-state index in [-0.39, 0.29) is 11.4 Å². The molecule has 0 aliphatic heterocycles. The van der Waals surface area contributed by atoms with Gasteiger partial charge in [0.2, 0.25) is 0 Å². The molecule has 0 unspecified atom stereocenters. The van der Waals surface area contributed by atoms with Gasteiger partial charge in [-0.3, -0.25) is 30.6 Å². The van der Waals surface area contributed by atoms with Crippen LogP contribution < -0.4 is 10.9 Å². The first-order valence-corrected chi connectivity index (χ1v) is 8.10. The summed E-state index contributed by atoms with van der Waals surface area (Å²) in [5.74, 6) is -1.11. The summed E-state index contributed by atoms with van der Waals surface area (Å²) in [6.07, 6.45) is 1.30. The minimum atomic E-state index is -0.664. The molecular formula is C15H12N6O4S. The Balaban J connectivity index is 1.67. The first-order chi connectivity index (χ1) is 12.4. The second-order valence-corrected chi connectivity index (χ2v) is 6.43. The van der Waals surface area contributed by atoms with E-state index in [4.69, 9.17) is 0 Å². The Morgan fingerprint density at radius 2 is 1.96 bits per heavy atom. The van der Waals surface area contributed by atoms with Crippen molar-refractivity contribution < 1.29 is 14.5 Å². The van der Waals surface area contributed by atoms with Crippen LogP contribution >= 0.6 is 11.3 Å². The number of carbonyl (C=O) groups is 2. The maximum Gasteiger partial charge on any atom is 0.291 e. The summed E-state index contributed by atoms with van der Waals surface area (Å²) in [5, 5.41) is 18.3. The lowest BCUT2D eigenvalue weighted by Gasteiger charge is -2.03. The summed E-state index contributed by atoms with van der Waals surface area (Å²) in [7, 11) is 0. The SMILES string of the molecule is Cc1ccc(C(=O)NNC(=O)c2cn(-c3cccc([N+](=O)[O-])c3)nn2)s1. The van der Waals surface area contributed by atoms with Gasteiger partial charge >= 0.3 is 0 Å². The molecule has 132 valence electrons. The van der Waals surface area contributed by atoms with Gasteiger partial charge in [-0.15, -0.1) is 16.4 Å². The summed E-state index contributed by atoms with van der Waals surface area (Å²) in [6, 6.07) is 9.18. The van der Waals surface area contributed by atoms with Crippen LogP contribution in [0, 0.1) is 17.0 Å². The molecule has 2 aromatic heterocycles. The number of thiophene rings is 1. The van der Waals surface area contributed by atoms with Crippen molar-refractivity contribution in [3.63, 3.8) is 0 Å². The zero-order chi connectivity index (χ0) is 18.7. The molecule has 2 heterocycles. The van der Waals surface area contributed by atoms with Crippen LogP contribution in [-0.4, -0.2) is 31.7 Å². The number of rotatable bonds is 4. The lowest BCUT2D eigenvalue weighted by Crippen LogP contribution is -2.41. The summed E-state index contributed by atoms with van der Waals surface area (Å²) >= 11 is 1.30. The summed E-state index contributed by atoms with van der Waals surface area (Å²) in [4.78, 5) is 35.7. The highest BCUT2D eigenvalue weighted by molar-refractivity contribution is 7.13. The van der Waals surface area contributed by atoms with Crippen molar-refractivity contribution in [2.45, 2.75) is 6.92 Å². The molecule has 0 saturated heterocycles. The van der Waals surface area contributed by atoms with Gasteiger partial charge in [0.1, 0.15) is 0 Å². The van der Waals surface area contributed by atoms with Gasteiger partial charge < -0.3 is 0 Å². The quantitative estimate of drug-likeness (QED) is 0.528. The molecule has 0 aliphatic rings. The lowest BCUT2D eigenvalue weighted by atomic mass is 10.3. The molecular weight excluding hydrogens is 360 g/mol. The third-order valence-corrected chi connectivity index (χ3v) is 4.28. The topological polar surface area (TPSA) is 132 Å². The number of carbonyl (C=O) groups excluding carboxylic acids is 2. The molecule has 2 amide bonds. The van der Waals surface area contributed by atoms with E-state index in [9.17, 15) is 19.7 Å². The third kappa shape index (κ3) is 3.72. The molecule has 1 aromatic carbocycles. The highest BCUT2D eigenvalue weighted by atomic mass is 32.1. The number of nitro benzene ring substituents is 1. The average molecular weight is 372 g/mol. The molecule has 0 radical (unpaired) electrons. The number of non-ortho nitro benzene ring substituents is 1. The third-order valence-electron chi connectivity index (χ3n) is 3.28. The number of benzene rings is 1. The van der Waals surface area contributed by atoms with E-state index in [1.807, 2.05) is 6.92 Å². The number of nitrogens with one attached hydrogen (secondary N) is 2. The Morgan fingerprint density at radius 1 is 1.19 bits per heavy atom. The Kier molecular flexibility index (Phi) is 4.71. The monoisotopic (exact) mass is 372 g/mol. The molecule has 11 heteroatoms. The van der Waals surface area contributed by atoms with Crippen molar-refractivity contribution in [3.05, 3.63) is 68.2 Å². The Hall–Kier alpha value is -3.60. The number of aromatic nitrogens is 3. The van der Waals surface area contributed by atoms with Crippen molar-refractivity contribution in [2.75, 3.05) is 0 Å². The first kappa shape index (κ1) is 17.2. The first-order valence-electron chi connectivity index (χ1n) is 7.28. The van der Waals surface area contributed by atoms with Gasteiger partial charge in [0.25, 0.3) is 17.5 Å². The van der Waals surface area contributed by atoms with E-state index in [2.05, 4.69) is 21.2 Å². The molecule has 10 nitrogen and oxygen atoms in total. The fraction of sp³-hybridized carbons (Fsp3) is 0.0667. The van der Waals surface area contributed by atoms with Crippen LogP contribution in [0.25, 0.3) is 5.69 Å². The highest BCUT2D eigenvalue weighted by Gasteiger charge is 2.15. The number of nitro groups is 1. The summed E-state index contributed by atoms with van der Waals surface area (Å²) in [5.41, 5.74) is 4.75. The number of hydrazine groups is 1. The maximum atomic E-state index is 12.1. The minimum Gasteiger partial charge on any atom is -0.266 e. The Morgan fingerprint density at radius 3 is 2.65 bits per heavy atom. The predicted molar refractivity (Wildman–Crippen MR) is 92.0 cm³/mol. The van der Waals surface area contributed by atoms with Crippen molar-refractivity contribution in [3.8, 4) is 5.69 Å². The van der Waals surface area contributed by atoms with Gasteiger partial charge in [-0.25, -0.2) is 4.68 Å². The molecule has 0 saturated carbocycles. The molecule has 3 rings (SSSR count). The van der Waals surface area contributed by atoms with Crippen molar-refractivity contribution in [2.24, 2.45) is 0 Å². The smallest absolute Gasteiger partial charge is 0.266 e. The standard InChI is InChI=1S/C15H12N6O4S/c1-9-5-6-13(26-9)15(23)18-17-14(22)12-8-20(19-16-12)10-3-2-4-11(7-10)21(24)25/h2-8H,1H3,(H,17,22)(H,18,23). The molecule has 0 aliphatic carbocycles. The Bertz CT molecular complexity index is 995. The second-order valence-electron chi connectivity index (χ2n) is 5.14. The van der Waals surface area contributed by atoms with Gasteiger partial charge in [0.05, 0.1) is 21.7 Å². The van der Waals surface area contributed by atoms with E-state index in [0.717, 1.165) is 4.88 Å². The highest BCUT2D eigenvalue weighted by Crippen LogP contribution is 2.16. The van der Waals surface area contributed by atoms with E-state index < -0.39 is 16.7 Å². The summed E-state index contributed by atoms with van der Waals surface area (Å²) in [6.45, 7) is 1.87. The largest absolute Gasteiger partial charge is 0.291 e. The van der Waals surface area contributed by atoms with Crippen LogP contribution in [0.4, 0.5) is 5.69 Å². The molecule has 26 heavy (non-hydrogen) atoms. The van der Waals surface area contributed by atoms with Crippen LogP contribution in [-0.2, 0) is 0 Å². The van der Waals surface area contributed by atoms with E-state index in [0.29, 0.717) is 10.6 Å². The maximum absolute atomic E-state index is 12.1. The molecule has 0 bridgehead atoms. The second kappa shape index (κ2) is 7.11. The fourth-order valence-electron chi connectivity index (χ4n) is 2.04.